The molecule has 0 amide bonds. The van der Waals surface area contributed by atoms with Crippen LogP contribution < -0.4 is 9.47 Å². The first-order valence-electron chi connectivity index (χ1n) is 8.35. The van der Waals surface area contributed by atoms with Crippen molar-refractivity contribution in [3.05, 3.63) is 53.6 Å². The summed E-state index contributed by atoms with van der Waals surface area (Å²) >= 11 is 0. The largest absolute Gasteiger partial charge is 0.493 e. The van der Waals surface area contributed by atoms with E-state index in [1.807, 2.05) is 6.07 Å². The Morgan fingerprint density at radius 2 is 1.93 bits per heavy atom. The standard InChI is InChI=1S/C19H18N4O4S/c1-26-16-9-8-14(12-17(16)27-2)13-21-23(11-5-10-20)19-15-6-3-4-7-18(15)28(24,25)22-19/h3-4,6-9,12-13H,5,11H2,1-2H3/b21-13+. The summed E-state index contributed by atoms with van der Waals surface area (Å²) in [6, 6.07) is 13.9. The van der Waals surface area contributed by atoms with Crippen molar-refractivity contribution in [1.29, 1.82) is 5.26 Å². The minimum absolute atomic E-state index is 0.133. The van der Waals surface area contributed by atoms with Crippen molar-refractivity contribution in [2.24, 2.45) is 9.50 Å². The monoisotopic (exact) mass is 398 g/mol. The zero-order chi connectivity index (χ0) is 20.1. The van der Waals surface area contributed by atoms with Crippen molar-refractivity contribution in [3.8, 4) is 17.6 Å². The Bertz CT molecular complexity index is 1090. The highest BCUT2D eigenvalue weighted by atomic mass is 32.2. The molecule has 0 saturated carbocycles. The zero-order valence-corrected chi connectivity index (χ0v) is 16.2. The fourth-order valence-electron chi connectivity index (χ4n) is 2.72. The van der Waals surface area contributed by atoms with E-state index in [2.05, 4.69) is 9.50 Å². The summed E-state index contributed by atoms with van der Waals surface area (Å²) in [5.41, 5.74) is 1.18. The van der Waals surface area contributed by atoms with E-state index in [1.54, 1.807) is 49.7 Å². The molecule has 2 aromatic rings. The lowest BCUT2D eigenvalue weighted by molar-refractivity contribution is 0.355. The van der Waals surface area contributed by atoms with Gasteiger partial charge in [0, 0.05) is 5.56 Å². The van der Waals surface area contributed by atoms with E-state index in [0.717, 1.165) is 0 Å². The molecule has 0 fully saturated rings. The molecule has 0 aliphatic carbocycles. The molecule has 0 bridgehead atoms. The average molecular weight is 398 g/mol. The smallest absolute Gasteiger partial charge is 0.285 e. The third-order valence-corrected chi connectivity index (χ3v) is 5.37. The van der Waals surface area contributed by atoms with Gasteiger partial charge in [-0.3, -0.25) is 0 Å². The number of nitrogens with zero attached hydrogens (tertiary/aromatic N) is 4. The number of rotatable bonds is 6. The first-order chi connectivity index (χ1) is 13.5. The van der Waals surface area contributed by atoms with Crippen LogP contribution in [0.1, 0.15) is 17.5 Å². The third kappa shape index (κ3) is 3.82. The Kier molecular flexibility index (Phi) is 5.61. The lowest BCUT2D eigenvalue weighted by atomic mass is 10.2. The third-order valence-electron chi connectivity index (χ3n) is 4.05. The topological polar surface area (TPSA) is 104 Å². The van der Waals surface area contributed by atoms with Gasteiger partial charge in [-0.15, -0.1) is 4.40 Å². The van der Waals surface area contributed by atoms with Gasteiger partial charge in [-0.25, -0.2) is 5.01 Å². The lowest BCUT2D eigenvalue weighted by Gasteiger charge is -2.17. The van der Waals surface area contributed by atoms with Gasteiger partial charge in [-0.1, -0.05) is 12.1 Å². The number of fused-ring (bicyclic) bond motifs is 1. The molecule has 9 heteroatoms. The van der Waals surface area contributed by atoms with Crippen LogP contribution in [0.4, 0.5) is 0 Å². The van der Waals surface area contributed by atoms with Crippen LogP contribution in [0.25, 0.3) is 0 Å². The second-order valence-corrected chi connectivity index (χ2v) is 7.35. The second kappa shape index (κ2) is 8.10. The summed E-state index contributed by atoms with van der Waals surface area (Å²) in [5, 5.41) is 14.7. The van der Waals surface area contributed by atoms with E-state index >= 15 is 0 Å². The van der Waals surface area contributed by atoms with E-state index in [4.69, 9.17) is 14.7 Å². The van der Waals surface area contributed by atoms with E-state index < -0.39 is 10.0 Å². The lowest BCUT2D eigenvalue weighted by Crippen LogP contribution is -2.27. The Morgan fingerprint density at radius 3 is 2.64 bits per heavy atom. The van der Waals surface area contributed by atoms with Crippen LogP contribution in [-0.2, 0) is 10.0 Å². The normalized spacial score (nSPS) is 14.2. The molecule has 1 heterocycles. The number of methoxy groups -OCH3 is 2. The molecule has 1 aliphatic heterocycles. The van der Waals surface area contributed by atoms with E-state index in [1.165, 1.54) is 18.2 Å². The molecule has 2 aromatic carbocycles. The molecule has 8 nitrogen and oxygen atoms in total. The highest BCUT2D eigenvalue weighted by Gasteiger charge is 2.31. The molecule has 1 aliphatic rings. The zero-order valence-electron chi connectivity index (χ0n) is 15.4. The molecule has 0 spiro atoms. The maximum absolute atomic E-state index is 12.3. The second-order valence-electron chi connectivity index (χ2n) is 5.78. The number of hydrogen-bond acceptors (Lipinski definition) is 7. The van der Waals surface area contributed by atoms with Gasteiger partial charge in [0.15, 0.2) is 17.3 Å². The summed E-state index contributed by atoms with van der Waals surface area (Å²) in [6.45, 7) is 0.197. The average Bonchev–Trinajstić information content (AvgIpc) is 2.99. The summed E-state index contributed by atoms with van der Waals surface area (Å²) in [6.07, 6.45) is 1.71. The van der Waals surface area contributed by atoms with Gasteiger partial charge in [-0.05, 0) is 35.9 Å². The Labute approximate surface area is 163 Å². The minimum Gasteiger partial charge on any atom is -0.493 e. The predicted molar refractivity (Wildman–Crippen MR) is 104 cm³/mol. The van der Waals surface area contributed by atoms with Gasteiger partial charge in [0.1, 0.15) is 4.90 Å². The van der Waals surface area contributed by atoms with Crippen molar-refractivity contribution in [2.75, 3.05) is 20.8 Å². The summed E-state index contributed by atoms with van der Waals surface area (Å²) in [4.78, 5) is 0.133. The maximum atomic E-state index is 12.3. The molecule has 28 heavy (non-hydrogen) atoms. The number of nitriles is 1. The first-order valence-corrected chi connectivity index (χ1v) is 9.79. The molecule has 0 unspecified atom stereocenters. The number of hydrazone groups is 1. The fourth-order valence-corrected chi connectivity index (χ4v) is 3.92. The molecule has 0 atom stereocenters. The number of sulfonamides is 1. The molecule has 3 rings (SSSR count). The number of ether oxygens (including phenoxy) is 2. The van der Waals surface area contributed by atoms with Gasteiger partial charge in [-0.2, -0.15) is 18.8 Å². The van der Waals surface area contributed by atoms with Gasteiger partial charge >= 0.3 is 0 Å². The van der Waals surface area contributed by atoms with E-state index in [9.17, 15) is 8.42 Å². The number of hydrogen-bond donors (Lipinski definition) is 0. The van der Waals surface area contributed by atoms with Crippen molar-refractivity contribution >= 4 is 22.1 Å². The van der Waals surface area contributed by atoms with Gasteiger partial charge in [0.05, 0.1) is 39.5 Å². The van der Waals surface area contributed by atoms with Crippen LogP contribution in [0, 0.1) is 11.3 Å². The van der Waals surface area contributed by atoms with Crippen molar-refractivity contribution in [1.82, 2.24) is 5.01 Å². The van der Waals surface area contributed by atoms with E-state index in [-0.39, 0.29) is 23.7 Å². The van der Waals surface area contributed by atoms with Crippen LogP contribution in [0.3, 0.4) is 0 Å². The molecule has 0 N–H and O–H groups in total. The number of amidine groups is 1. The predicted octanol–water partition coefficient (Wildman–Crippen LogP) is 2.40. The van der Waals surface area contributed by atoms with Crippen LogP contribution in [0.15, 0.2) is 56.9 Å². The summed E-state index contributed by atoms with van der Waals surface area (Å²) in [5.74, 6) is 1.32. The maximum Gasteiger partial charge on any atom is 0.285 e. The SMILES string of the molecule is COc1ccc(/C=N/N(CCC#N)C2=NS(=O)(=O)c3ccccc32)cc1OC. The molecular formula is C19H18N4O4S. The summed E-state index contributed by atoms with van der Waals surface area (Å²) < 4.78 is 39.0. The first kappa shape index (κ1) is 19.4. The minimum atomic E-state index is -3.77. The van der Waals surface area contributed by atoms with Crippen LogP contribution in [-0.4, -0.2) is 46.2 Å². The fraction of sp³-hybridized carbons (Fsp3) is 0.211. The van der Waals surface area contributed by atoms with Gasteiger partial charge < -0.3 is 9.47 Å². The van der Waals surface area contributed by atoms with Crippen LogP contribution in [0.2, 0.25) is 0 Å². The quantitative estimate of drug-likeness (QED) is 0.547. The van der Waals surface area contributed by atoms with Crippen molar-refractivity contribution in [2.45, 2.75) is 11.3 Å². The van der Waals surface area contributed by atoms with E-state index in [0.29, 0.717) is 22.6 Å². The molecule has 0 radical (unpaired) electrons. The van der Waals surface area contributed by atoms with Crippen molar-refractivity contribution < 1.29 is 17.9 Å². The Balaban J connectivity index is 1.97. The molecule has 0 aromatic heterocycles. The Hall–Kier alpha value is -3.38. The van der Waals surface area contributed by atoms with Crippen molar-refractivity contribution in [3.63, 3.8) is 0 Å². The van der Waals surface area contributed by atoms with Crippen LogP contribution >= 0.6 is 0 Å². The molecule has 144 valence electrons. The molecular weight excluding hydrogens is 380 g/mol. The van der Waals surface area contributed by atoms with Gasteiger partial charge in [0.25, 0.3) is 10.0 Å². The highest BCUT2D eigenvalue weighted by molar-refractivity contribution is 7.90. The van der Waals surface area contributed by atoms with Gasteiger partial charge in [0.2, 0.25) is 0 Å². The van der Waals surface area contributed by atoms with Crippen LogP contribution in [0.5, 0.6) is 11.5 Å². The molecule has 0 saturated heterocycles. The number of benzene rings is 2. The Morgan fingerprint density at radius 1 is 1.18 bits per heavy atom. The highest BCUT2D eigenvalue weighted by Crippen LogP contribution is 2.29. The summed E-state index contributed by atoms with van der Waals surface area (Å²) in [7, 11) is -0.693.